The predicted molar refractivity (Wildman–Crippen MR) is 105 cm³/mol. The van der Waals surface area contributed by atoms with Gasteiger partial charge >= 0.3 is 0 Å². The van der Waals surface area contributed by atoms with Crippen LogP contribution in [0, 0.1) is 5.92 Å². The largest absolute Gasteiger partial charge is 0.381 e. The summed E-state index contributed by atoms with van der Waals surface area (Å²) < 4.78 is 29.5. The molecule has 0 saturated carbocycles. The number of hydrogen-bond acceptors (Lipinski definition) is 4. The van der Waals surface area contributed by atoms with E-state index in [9.17, 15) is 13.2 Å². The van der Waals surface area contributed by atoms with E-state index in [1.165, 1.54) is 13.8 Å². The summed E-state index contributed by atoms with van der Waals surface area (Å²) in [7, 11) is -3.58. The van der Waals surface area contributed by atoms with Gasteiger partial charge < -0.3 is 10.1 Å². The second kappa shape index (κ2) is 7.69. The van der Waals surface area contributed by atoms with Crippen LogP contribution in [0.15, 0.2) is 24.3 Å². The Kier molecular flexibility index (Phi) is 6.18. The number of ether oxygens (including phenoxy) is 1. The molecule has 5 nitrogen and oxygen atoms in total. The van der Waals surface area contributed by atoms with Gasteiger partial charge in [-0.05, 0) is 55.7 Å². The number of hydrogen-bond donors (Lipinski definition) is 1. The lowest BCUT2D eigenvalue weighted by Crippen LogP contribution is -2.47. The van der Waals surface area contributed by atoms with E-state index in [1.54, 1.807) is 0 Å². The Labute approximate surface area is 157 Å². The highest BCUT2D eigenvalue weighted by molar-refractivity contribution is 7.93. The molecule has 0 atom stereocenters. The average Bonchev–Trinajstić information content (AvgIpc) is 2.54. The van der Waals surface area contributed by atoms with Crippen molar-refractivity contribution in [1.29, 1.82) is 0 Å². The van der Waals surface area contributed by atoms with Gasteiger partial charge in [-0.2, -0.15) is 0 Å². The Balaban J connectivity index is 2.08. The van der Waals surface area contributed by atoms with E-state index in [2.05, 4.69) is 26.1 Å². The molecule has 1 aliphatic heterocycles. The summed E-state index contributed by atoms with van der Waals surface area (Å²) in [6.45, 7) is 10.5. The van der Waals surface area contributed by atoms with E-state index in [-0.39, 0.29) is 17.1 Å². The zero-order chi connectivity index (χ0) is 19.6. The minimum Gasteiger partial charge on any atom is -0.381 e. The molecule has 0 aliphatic carbocycles. The van der Waals surface area contributed by atoms with E-state index in [0.717, 1.165) is 18.4 Å². The van der Waals surface area contributed by atoms with Crippen LogP contribution in [-0.2, 0) is 24.8 Å². The molecular formula is C20H31NO4S. The highest BCUT2D eigenvalue weighted by atomic mass is 32.2. The Bertz CT molecular complexity index is 724. The summed E-state index contributed by atoms with van der Waals surface area (Å²) in [6, 6.07) is 7.55. The molecule has 0 spiro atoms. The lowest BCUT2D eigenvalue weighted by Gasteiger charge is -2.28. The lowest BCUT2D eigenvalue weighted by atomic mass is 9.87. The standard InChI is InChI=1S/C20H31NO4S/c1-19(2,3)16-6-8-17(9-7-16)21-18(22)20(4,5)26(23,24)14-15-10-12-25-13-11-15/h6-9,15H,10-14H2,1-5H3,(H,21,22). The van der Waals surface area contributed by atoms with Crippen LogP contribution in [-0.4, -0.2) is 38.0 Å². The van der Waals surface area contributed by atoms with Crippen LogP contribution < -0.4 is 5.32 Å². The number of amides is 1. The molecule has 0 bridgehead atoms. The number of rotatable bonds is 5. The van der Waals surface area contributed by atoms with Crippen molar-refractivity contribution >= 4 is 21.4 Å². The molecule has 1 saturated heterocycles. The third kappa shape index (κ3) is 4.86. The topological polar surface area (TPSA) is 72.5 Å². The molecule has 0 unspecified atom stereocenters. The molecule has 2 rings (SSSR count). The van der Waals surface area contributed by atoms with E-state index in [0.29, 0.717) is 18.9 Å². The van der Waals surface area contributed by atoms with Gasteiger partial charge in [0.2, 0.25) is 5.91 Å². The fraction of sp³-hybridized carbons (Fsp3) is 0.650. The van der Waals surface area contributed by atoms with Crippen LogP contribution in [0.5, 0.6) is 0 Å². The van der Waals surface area contributed by atoms with Gasteiger partial charge in [-0.25, -0.2) is 8.42 Å². The smallest absolute Gasteiger partial charge is 0.245 e. The van der Waals surface area contributed by atoms with Gasteiger partial charge in [0.1, 0.15) is 4.75 Å². The van der Waals surface area contributed by atoms with Crippen molar-refractivity contribution < 1.29 is 17.9 Å². The molecule has 146 valence electrons. The van der Waals surface area contributed by atoms with Gasteiger partial charge in [0.15, 0.2) is 9.84 Å². The fourth-order valence-corrected chi connectivity index (χ4v) is 4.61. The van der Waals surface area contributed by atoms with Gasteiger partial charge in [0, 0.05) is 18.9 Å². The van der Waals surface area contributed by atoms with Gasteiger partial charge in [0.25, 0.3) is 0 Å². The number of anilines is 1. The molecule has 1 heterocycles. The Morgan fingerprint density at radius 3 is 2.12 bits per heavy atom. The normalized spacial score (nSPS) is 17.1. The molecule has 1 aliphatic rings. The summed E-state index contributed by atoms with van der Waals surface area (Å²) in [5.74, 6) is -0.403. The molecule has 0 aromatic heterocycles. The third-order valence-corrected chi connectivity index (χ3v) is 7.78. The van der Waals surface area contributed by atoms with Crippen LogP contribution in [0.3, 0.4) is 0 Å². The predicted octanol–water partition coefficient (Wildman–Crippen LogP) is 3.54. The van der Waals surface area contributed by atoms with E-state index in [4.69, 9.17) is 4.74 Å². The van der Waals surface area contributed by atoms with Crippen LogP contribution in [0.1, 0.15) is 53.0 Å². The number of benzene rings is 1. The van der Waals surface area contributed by atoms with E-state index < -0.39 is 20.5 Å². The van der Waals surface area contributed by atoms with Crippen molar-refractivity contribution in [2.75, 3.05) is 24.3 Å². The molecule has 1 aromatic carbocycles. The van der Waals surface area contributed by atoms with E-state index >= 15 is 0 Å². The maximum Gasteiger partial charge on any atom is 0.245 e. The van der Waals surface area contributed by atoms with E-state index in [1.807, 2.05) is 24.3 Å². The summed E-state index contributed by atoms with van der Waals surface area (Å²) in [5, 5.41) is 2.76. The first-order valence-electron chi connectivity index (χ1n) is 9.15. The highest BCUT2D eigenvalue weighted by Crippen LogP contribution is 2.27. The second-order valence-electron chi connectivity index (χ2n) is 8.63. The van der Waals surface area contributed by atoms with Crippen LogP contribution in [0.2, 0.25) is 0 Å². The molecule has 1 amide bonds. The number of nitrogens with one attached hydrogen (secondary N) is 1. The minimum atomic E-state index is -3.58. The summed E-state index contributed by atoms with van der Waals surface area (Å²) >= 11 is 0. The monoisotopic (exact) mass is 381 g/mol. The Morgan fingerprint density at radius 1 is 1.08 bits per heavy atom. The van der Waals surface area contributed by atoms with Crippen LogP contribution in [0.4, 0.5) is 5.69 Å². The first-order chi connectivity index (χ1) is 11.9. The summed E-state index contributed by atoms with van der Waals surface area (Å²) in [4.78, 5) is 12.7. The SMILES string of the molecule is CC(C)(C)c1ccc(NC(=O)C(C)(C)S(=O)(=O)CC2CCOCC2)cc1. The fourth-order valence-electron chi connectivity index (χ4n) is 2.91. The maximum atomic E-state index is 12.8. The zero-order valence-corrected chi connectivity index (χ0v) is 17.3. The van der Waals surface area contributed by atoms with Crippen molar-refractivity contribution in [3.63, 3.8) is 0 Å². The van der Waals surface area contributed by atoms with Crippen LogP contribution in [0.25, 0.3) is 0 Å². The first kappa shape index (κ1) is 20.9. The number of carbonyl (C=O) groups excluding carboxylic acids is 1. The van der Waals surface area contributed by atoms with Gasteiger partial charge in [0.05, 0.1) is 5.75 Å². The summed E-state index contributed by atoms with van der Waals surface area (Å²) in [5.41, 5.74) is 1.79. The van der Waals surface area contributed by atoms with Crippen LogP contribution >= 0.6 is 0 Å². The van der Waals surface area contributed by atoms with Gasteiger partial charge in [-0.3, -0.25) is 4.79 Å². The first-order valence-corrected chi connectivity index (χ1v) is 10.8. The molecular weight excluding hydrogens is 350 g/mol. The molecule has 6 heteroatoms. The Hall–Kier alpha value is -1.40. The third-order valence-electron chi connectivity index (χ3n) is 5.13. The van der Waals surface area contributed by atoms with Gasteiger partial charge in [-0.15, -0.1) is 0 Å². The van der Waals surface area contributed by atoms with Gasteiger partial charge in [-0.1, -0.05) is 32.9 Å². The second-order valence-corrected chi connectivity index (χ2v) is 11.2. The van der Waals surface area contributed by atoms with Crippen molar-refractivity contribution in [2.24, 2.45) is 5.92 Å². The maximum absolute atomic E-state index is 12.8. The molecule has 0 radical (unpaired) electrons. The zero-order valence-electron chi connectivity index (χ0n) is 16.5. The molecule has 26 heavy (non-hydrogen) atoms. The van der Waals surface area contributed by atoms with Crippen molar-refractivity contribution in [1.82, 2.24) is 0 Å². The number of carbonyl (C=O) groups is 1. The number of sulfone groups is 1. The van der Waals surface area contributed by atoms with Crippen molar-refractivity contribution in [2.45, 2.75) is 57.6 Å². The lowest BCUT2D eigenvalue weighted by molar-refractivity contribution is -0.117. The summed E-state index contributed by atoms with van der Waals surface area (Å²) in [6.07, 6.45) is 1.45. The molecule has 1 aromatic rings. The quantitative estimate of drug-likeness (QED) is 0.847. The molecule has 1 fully saturated rings. The molecule has 1 N–H and O–H groups in total. The van der Waals surface area contributed by atoms with Crippen molar-refractivity contribution in [3.05, 3.63) is 29.8 Å². The average molecular weight is 382 g/mol. The highest BCUT2D eigenvalue weighted by Gasteiger charge is 2.42. The van der Waals surface area contributed by atoms with Crippen molar-refractivity contribution in [3.8, 4) is 0 Å². The Morgan fingerprint density at radius 2 is 1.62 bits per heavy atom. The minimum absolute atomic E-state index is 0.0227.